The molecule has 2 aromatic heterocycles. The summed E-state index contributed by atoms with van der Waals surface area (Å²) in [6.07, 6.45) is 1.03. The summed E-state index contributed by atoms with van der Waals surface area (Å²) in [6.45, 7) is 1.12. The van der Waals surface area contributed by atoms with E-state index in [0.717, 1.165) is 28.5 Å². The van der Waals surface area contributed by atoms with Crippen LogP contribution in [0.5, 0.6) is 11.5 Å². The van der Waals surface area contributed by atoms with E-state index in [9.17, 15) is 4.79 Å². The molecule has 0 bridgehead atoms. The highest BCUT2D eigenvalue weighted by molar-refractivity contribution is 7.14. The van der Waals surface area contributed by atoms with Gasteiger partial charge in [-0.3, -0.25) is 4.79 Å². The molecule has 1 aromatic carbocycles. The van der Waals surface area contributed by atoms with E-state index in [2.05, 4.69) is 15.3 Å². The van der Waals surface area contributed by atoms with E-state index in [4.69, 9.17) is 9.47 Å². The van der Waals surface area contributed by atoms with Crippen molar-refractivity contribution in [2.75, 3.05) is 18.5 Å². The van der Waals surface area contributed by atoms with Crippen LogP contribution >= 0.6 is 22.7 Å². The zero-order valence-corrected chi connectivity index (χ0v) is 14.9. The summed E-state index contributed by atoms with van der Waals surface area (Å²) in [4.78, 5) is 20.7. The number of nitrogens with zero attached hydrogens (tertiary/aromatic N) is 2. The highest BCUT2D eigenvalue weighted by Gasteiger charge is 2.14. The predicted octanol–water partition coefficient (Wildman–Crippen LogP) is 3.61. The van der Waals surface area contributed by atoms with Crippen LogP contribution in [0.4, 0.5) is 5.13 Å². The van der Waals surface area contributed by atoms with Gasteiger partial charge >= 0.3 is 0 Å². The number of ether oxygens (including phenoxy) is 2. The van der Waals surface area contributed by atoms with Crippen molar-refractivity contribution in [3.8, 4) is 22.8 Å². The average Bonchev–Trinajstić information content (AvgIpc) is 3.31. The first-order valence-electron chi connectivity index (χ1n) is 7.80. The SMILES string of the molecule is O=C(CCc1cscn1)Nc1nc(-c2ccc3c(c2)OCCO3)cs1. The molecular formula is C17H15N3O3S2. The second-order valence-electron chi connectivity index (χ2n) is 5.42. The van der Waals surface area contributed by atoms with Gasteiger partial charge in [0.25, 0.3) is 0 Å². The van der Waals surface area contributed by atoms with Gasteiger partial charge in [-0.1, -0.05) is 0 Å². The summed E-state index contributed by atoms with van der Waals surface area (Å²) >= 11 is 2.94. The normalized spacial score (nSPS) is 12.8. The Bertz CT molecular complexity index is 877. The van der Waals surface area contributed by atoms with E-state index < -0.39 is 0 Å². The second kappa shape index (κ2) is 7.20. The highest BCUT2D eigenvalue weighted by Crippen LogP contribution is 2.35. The third-order valence-electron chi connectivity index (χ3n) is 3.68. The largest absolute Gasteiger partial charge is 0.486 e. The lowest BCUT2D eigenvalue weighted by Crippen LogP contribution is -2.15. The van der Waals surface area contributed by atoms with Gasteiger partial charge in [-0.2, -0.15) is 0 Å². The van der Waals surface area contributed by atoms with E-state index in [0.29, 0.717) is 31.2 Å². The van der Waals surface area contributed by atoms with E-state index in [1.54, 1.807) is 5.51 Å². The van der Waals surface area contributed by atoms with Crippen molar-refractivity contribution in [1.29, 1.82) is 0 Å². The van der Waals surface area contributed by atoms with Crippen molar-refractivity contribution in [3.63, 3.8) is 0 Å². The molecule has 0 spiro atoms. The highest BCUT2D eigenvalue weighted by atomic mass is 32.1. The molecule has 3 heterocycles. The van der Waals surface area contributed by atoms with Crippen molar-refractivity contribution in [3.05, 3.63) is 40.2 Å². The molecule has 1 aliphatic heterocycles. The first-order chi connectivity index (χ1) is 12.3. The summed E-state index contributed by atoms with van der Waals surface area (Å²) in [7, 11) is 0. The summed E-state index contributed by atoms with van der Waals surface area (Å²) in [5, 5.41) is 7.31. The van der Waals surface area contributed by atoms with Crippen LogP contribution in [0.3, 0.4) is 0 Å². The van der Waals surface area contributed by atoms with Gasteiger partial charge in [0.15, 0.2) is 16.6 Å². The Morgan fingerprint density at radius 1 is 1.20 bits per heavy atom. The number of fused-ring (bicyclic) bond motifs is 1. The van der Waals surface area contributed by atoms with E-state index in [1.807, 2.05) is 29.0 Å². The summed E-state index contributed by atoms with van der Waals surface area (Å²) in [6, 6.07) is 5.74. The minimum Gasteiger partial charge on any atom is -0.486 e. The average molecular weight is 373 g/mol. The molecule has 25 heavy (non-hydrogen) atoms. The van der Waals surface area contributed by atoms with Crippen LogP contribution in [0.1, 0.15) is 12.1 Å². The molecule has 0 saturated carbocycles. The third kappa shape index (κ3) is 3.80. The van der Waals surface area contributed by atoms with Crippen molar-refractivity contribution in [2.45, 2.75) is 12.8 Å². The van der Waals surface area contributed by atoms with Gasteiger partial charge < -0.3 is 14.8 Å². The summed E-state index contributed by atoms with van der Waals surface area (Å²) in [5.74, 6) is 1.42. The summed E-state index contributed by atoms with van der Waals surface area (Å²) in [5.41, 5.74) is 4.45. The Labute approximate surface area is 152 Å². The van der Waals surface area contributed by atoms with Gasteiger partial charge in [-0.05, 0) is 24.6 Å². The molecule has 1 amide bonds. The van der Waals surface area contributed by atoms with Gasteiger partial charge in [-0.15, -0.1) is 22.7 Å². The van der Waals surface area contributed by atoms with Crippen molar-refractivity contribution < 1.29 is 14.3 Å². The maximum atomic E-state index is 12.0. The van der Waals surface area contributed by atoms with E-state index >= 15 is 0 Å². The molecule has 0 saturated heterocycles. The number of aryl methyl sites for hydroxylation is 1. The number of hydrogen-bond acceptors (Lipinski definition) is 7. The Morgan fingerprint density at radius 3 is 2.92 bits per heavy atom. The molecule has 0 radical (unpaired) electrons. The lowest BCUT2D eigenvalue weighted by molar-refractivity contribution is -0.116. The lowest BCUT2D eigenvalue weighted by atomic mass is 10.1. The molecule has 0 atom stereocenters. The van der Waals surface area contributed by atoms with Crippen LogP contribution in [-0.4, -0.2) is 29.1 Å². The van der Waals surface area contributed by atoms with Crippen LogP contribution in [-0.2, 0) is 11.2 Å². The lowest BCUT2D eigenvalue weighted by Gasteiger charge is -2.18. The molecule has 0 aliphatic carbocycles. The molecule has 3 aromatic rings. The number of aromatic nitrogens is 2. The fraction of sp³-hybridized carbons (Fsp3) is 0.235. The van der Waals surface area contributed by atoms with Gasteiger partial charge in [0, 0.05) is 22.7 Å². The molecule has 128 valence electrons. The topological polar surface area (TPSA) is 73.3 Å². The van der Waals surface area contributed by atoms with Gasteiger partial charge in [-0.25, -0.2) is 9.97 Å². The molecule has 4 rings (SSSR count). The molecular weight excluding hydrogens is 358 g/mol. The van der Waals surface area contributed by atoms with E-state index in [1.165, 1.54) is 22.7 Å². The predicted molar refractivity (Wildman–Crippen MR) is 97.6 cm³/mol. The number of rotatable bonds is 5. The van der Waals surface area contributed by atoms with Crippen LogP contribution in [0.2, 0.25) is 0 Å². The fourth-order valence-electron chi connectivity index (χ4n) is 2.45. The number of carbonyl (C=O) groups is 1. The van der Waals surface area contributed by atoms with Crippen molar-refractivity contribution >= 4 is 33.7 Å². The molecule has 0 unspecified atom stereocenters. The maximum absolute atomic E-state index is 12.0. The first kappa shape index (κ1) is 16.0. The Kier molecular flexibility index (Phi) is 4.62. The van der Waals surface area contributed by atoms with Crippen LogP contribution < -0.4 is 14.8 Å². The van der Waals surface area contributed by atoms with Crippen LogP contribution in [0.25, 0.3) is 11.3 Å². The number of nitrogens with one attached hydrogen (secondary N) is 1. The number of anilines is 1. The molecule has 8 heteroatoms. The van der Waals surface area contributed by atoms with Crippen molar-refractivity contribution in [1.82, 2.24) is 9.97 Å². The number of amides is 1. The van der Waals surface area contributed by atoms with Crippen molar-refractivity contribution in [2.24, 2.45) is 0 Å². The maximum Gasteiger partial charge on any atom is 0.226 e. The second-order valence-corrected chi connectivity index (χ2v) is 7.00. The minimum absolute atomic E-state index is 0.0592. The quantitative estimate of drug-likeness (QED) is 0.740. The van der Waals surface area contributed by atoms with Gasteiger partial charge in [0.05, 0.1) is 16.9 Å². The smallest absolute Gasteiger partial charge is 0.226 e. The standard InChI is InChI=1S/C17H15N3O3S2/c21-16(4-2-12-8-24-10-18-12)20-17-19-13(9-25-17)11-1-3-14-15(7-11)23-6-5-22-14/h1,3,7-10H,2,4-6H2,(H,19,20,21). The number of hydrogen-bond donors (Lipinski definition) is 1. The third-order valence-corrected chi connectivity index (χ3v) is 5.07. The Hall–Kier alpha value is -2.45. The number of benzene rings is 1. The molecule has 0 fully saturated rings. The van der Waals surface area contributed by atoms with Gasteiger partial charge in [0.1, 0.15) is 13.2 Å². The zero-order valence-electron chi connectivity index (χ0n) is 13.2. The Balaban J connectivity index is 1.40. The zero-order chi connectivity index (χ0) is 17.1. The van der Waals surface area contributed by atoms with E-state index in [-0.39, 0.29) is 5.91 Å². The van der Waals surface area contributed by atoms with Crippen LogP contribution in [0, 0.1) is 0 Å². The molecule has 1 aliphatic rings. The monoisotopic (exact) mass is 373 g/mol. The van der Waals surface area contributed by atoms with Crippen LogP contribution in [0.15, 0.2) is 34.5 Å². The Morgan fingerprint density at radius 2 is 2.08 bits per heavy atom. The fourth-order valence-corrected chi connectivity index (χ4v) is 3.78. The van der Waals surface area contributed by atoms with Gasteiger partial charge in [0.2, 0.25) is 5.91 Å². The summed E-state index contributed by atoms with van der Waals surface area (Å²) < 4.78 is 11.1. The molecule has 6 nitrogen and oxygen atoms in total. The number of thiazole rings is 2. The number of carbonyl (C=O) groups excluding carboxylic acids is 1. The minimum atomic E-state index is -0.0592. The molecule has 1 N–H and O–H groups in total. The first-order valence-corrected chi connectivity index (χ1v) is 9.62.